The molecule has 0 saturated carbocycles. The molecular formula is C25H28N2O2. The second-order valence-electron chi connectivity index (χ2n) is 7.94. The van der Waals surface area contributed by atoms with Crippen LogP contribution < -0.4 is 5.32 Å². The first-order valence-corrected chi connectivity index (χ1v) is 10.6. The van der Waals surface area contributed by atoms with Crippen LogP contribution in [0, 0.1) is 0 Å². The van der Waals surface area contributed by atoms with Crippen LogP contribution >= 0.6 is 0 Å². The Kier molecular flexibility index (Phi) is 6.09. The summed E-state index contributed by atoms with van der Waals surface area (Å²) in [5, 5.41) is 3.10. The number of carbonyl (C=O) groups excluding carboxylic acids is 2. The Bertz CT molecular complexity index is 904. The van der Waals surface area contributed by atoms with E-state index in [9.17, 15) is 9.59 Å². The monoisotopic (exact) mass is 388 g/mol. The summed E-state index contributed by atoms with van der Waals surface area (Å²) in [6.07, 6.45) is 8.55. The first kappa shape index (κ1) is 19.4. The van der Waals surface area contributed by atoms with Gasteiger partial charge in [0.15, 0.2) is 0 Å². The molecule has 2 aliphatic rings. The number of carbonyl (C=O) groups is 2. The minimum Gasteiger partial charge on any atom is -0.354 e. The lowest BCUT2D eigenvalue weighted by Crippen LogP contribution is -2.48. The summed E-state index contributed by atoms with van der Waals surface area (Å²) in [5.41, 5.74) is 4.22. The van der Waals surface area contributed by atoms with Crippen molar-refractivity contribution in [2.24, 2.45) is 0 Å². The van der Waals surface area contributed by atoms with E-state index in [4.69, 9.17) is 0 Å². The zero-order chi connectivity index (χ0) is 20.1. The molecule has 0 bridgehead atoms. The van der Waals surface area contributed by atoms with Gasteiger partial charge in [-0.2, -0.15) is 0 Å². The molecule has 1 aliphatic carbocycles. The molecule has 0 spiro atoms. The second kappa shape index (κ2) is 9.08. The average molecular weight is 389 g/mol. The summed E-state index contributed by atoms with van der Waals surface area (Å²) in [4.78, 5) is 27.9. The molecule has 1 N–H and O–H groups in total. The molecule has 1 aliphatic heterocycles. The molecule has 0 saturated heterocycles. The standard InChI is InChI=1S/C25H28N2O2/c28-24(26-16-15-19-9-3-1-4-10-19)23(17-20-11-5-2-6-12-20)27-18-21-13-7-8-14-22(21)25(27)29/h2,5-9,11-14,23H,1,3-4,10,15-18H2,(H,26,28)/t23-/m0/s1. The molecule has 2 aromatic rings. The van der Waals surface area contributed by atoms with Crippen molar-refractivity contribution in [3.63, 3.8) is 0 Å². The predicted molar refractivity (Wildman–Crippen MR) is 114 cm³/mol. The van der Waals surface area contributed by atoms with E-state index < -0.39 is 6.04 Å². The van der Waals surface area contributed by atoms with Gasteiger partial charge >= 0.3 is 0 Å². The Labute approximate surface area is 172 Å². The van der Waals surface area contributed by atoms with Crippen molar-refractivity contribution in [3.05, 3.63) is 82.9 Å². The molecule has 0 unspecified atom stereocenters. The van der Waals surface area contributed by atoms with Gasteiger partial charge < -0.3 is 10.2 Å². The van der Waals surface area contributed by atoms with Crippen molar-refractivity contribution in [2.75, 3.05) is 6.54 Å². The van der Waals surface area contributed by atoms with E-state index in [1.807, 2.05) is 54.6 Å². The van der Waals surface area contributed by atoms with Crippen LogP contribution in [0.5, 0.6) is 0 Å². The van der Waals surface area contributed by atoms with Crippen LogP contribution in [0.15, 0.2) is 66.2 Å². The lowest BCUT2D eigenvalue weighted by atomic mass is 9.97. The number of rotatable bonds is 7. The second-order valence-corrected chi connectivity index (χ2v) is 7.94. The van der Waals surface area contributed by atoms with Crippen LogP contribution in [0.2, 0.25) is 0 Å². The zero-order valence-corrected chi connectivity index (χ0v) is 16.8. The maximum atomic E-state index is 13.1. The fourth-order valence-electron chi connectivity index (χ4n) is 4.31. The smallest absolute Gasteiger partial charge is 0.255 e. The molecule has 1 heterocycles. The fourth-order valence-corrected chi connectivity index (χ4v) is 4.31. The van der Waals surface area contributed by atoms with Gasteiger partial charge in [-0.05, 0) is 49.3 Å². The van der Waals surface area contributed by atoms with E-state index in [2.05, 4.69) is 11.4 Å². The largest absolute Gasteiger partial charge is 0.354 e. The van der Waals surface area contributed by atoms with Gasteiger partial charge in [-0.3, -0.25) is 9.59 Å². The number of benzene rings is 2. The first-order valence-electron chi connectivity index (χ1n) is 10.6. The maximum absolute atomic E-state index is 13.1. The quantitative estimate of drug-likeness (QED) is 0.721. The summed E-state index contributed by atoms with van der Waals surface area (Å²) >= 11 is 0. The molecule has 0 aromatic heterocycles. The summed E-state index contributed by atoms with van der Waals surface area (Å²) in [5.74, 6) is -0.113. The van der Waals surface area contributed by atoms with Gasteiger partial charge in [0.05, 0.1) is 0 Å². The Balaban J connectivity index is 1.47. The molecule has 4 rings (SSSR count). The lowest BCUT2D eigenvalue weighted by Gasteiger charge is -2.27. The van der Waals surface area contributed by atoms with Crippen LogP contribution in [0.25, 0.3) is 0 Å². The Morgan fingerprint density at radius 1 is 1.03 bits per heavy atom. The number of hydrogen-bond acceptors (Lipinski definition) is 2. The molecule has 150 valence electrons. The highest BCUT2D eigenvalue weighted by molar-refractivity contribution is 6.01. The van der Waals surface area contributed by atoms with Crippen molar-refractivity contribution in [1.29, 1.82) is 0 Å². The summed E-state index contributed by atoms with van der Waals surface area (Å²) in [7, 11) is 0. The lowest BCUT2D eigenvalue weighted by molar-refractivity contribution is -0.125. The summed E-state index contributed by atoms with van der Waals surface area (Å²) in [6.45, 7) is 1.12. The van der Waals surface area contributed by atoms with Gasteiger partial charge in [0, 0.05) is 25.1 Å². The minimum absolute atomic E-state index is 0.0494. The van der Waals surface area contributed by atoms with Gasteiger partial charge in [-0.15, -0.1) is 0 Å². The maximum Gasteiger partial charge on any atom is 0.255 e. The number of allylic oxidation sites excluding steroid dienone is 1. The Morgan fingerprint density at radius 2 is 1.83 bits per heavy atom. The van der Waals surface area contributed by atoms with Gasteiger partial charge in [0.25, 0.3) is 5.91 Å². The first-order chi connectivity index (χ1) is 14.2. The molecule has 2 aromatic carbocycles. The van der Waals surface area contributed by atoms with E-state index in [0.717, 1.165) is 30.4 Å². The topological polar surface area (TPSA) is 49.4 Å². The van der Waals surface area contributed by atoms with Crippen molar-refractivity contribution in [2.45, 2.75) is 51.1 Å². The molecule has 4 nitrogen and oxygen atoms in total. The van der Waals surface area contributed by atoms with E-state index in [1.54, 1.807) is 4.90 Å². The van der Waals surface area contributed by atoms with E-state index in [0.29, 0.717) is 25.1 Å². The number of hydrogen-bond donors (Lipinski definition) is 1. The third kappa shape index (κ3) is 4.58. The highest BCUT2D eigenvalue weighted by Gasteiger charge is 2.36. The van der Waals surface area contributed by atoms with Crippen LogP contribution in [-0.4, -0.2) is 29.3 Å². The highest BCUT2D eigenvalue weighted by Crippen LogP contribution is 2.26. The zero-order valence-electron chi connectivity index (χ0n) is 16.8. The normalized spacial score (nSPS) is 16.9. The Morgan fingerprint density at radius 3 is 2.59 bits per heavy atom. The van der Waals surface area contributed by atoms with Crippen molar-refractivity contribution < 1.29 is 9.59 Å². The number of amides is 2. The molecule has 29 heavy (non-hydrogen) atoms. The van der Waals surface area contributed by atoms with Gasteiger partial charge in [-0.1, -0.05) is 60.2 Å². The minimum atomic E-state index is -0.502. The molecule has 2 amide bonds. The van der Waals surface area contributed by atoms with Gasteiger partial charge in [-0.25, -0.2) is 0 Å². The highest BCUT2D eigenvalue weighted by atomic mass is 16.2. The fraction of sp³-hybridized carbons (Fsp3) is 0.360. The van der Waals surface area contributed by atoms with Crippen LogP contribution in [-0.2, 0) is 17.8 Å². The van der Waals surface area contributed by atoms with Crippen LogP contribution in [0.1, 0.15) is 53.6 Å². The van der Waals surface area contributed by atoms with Crippen molar-refractivity contribution >= 4 is 11.8 Å². The molecule has 4 heteroatoms. The number of fused-ring (bicyclic) bond motifs is 1. The van der Waals surface area contributed by atoms with E-state index in [-0.39, 0.29) is 11.8 Å². The van der Waals surface area contributed by atoms with E-state index >= 15 is 0 Å². The summed E-state index contributed by atoms with van der Waals surface area (Å²) in [6, 6.07) is 17.1. The van der Waals surface area contributed by atoms with Crippen molar-refractivity contribution in [3.8, 4) is 0 Å². The summed E-state index contributed by atoms with van der Waals surface area (Å²) < 4.78 is 0. The number of nitrogens with one attached hydrogen (secondary N) is 1. The third-order valence-electron chi connectivity index (χ3n) is 5.93. The Hall–Kier alpha value is -2.88. The van der Waals surface area contributed by atoms with Crippen LogP contribution in [0.4, 0.5) is 0 Å². The van der Waals surface area contributed by atoms with Crippen LogP contribution in [0.3, 0.4) is 0 Å². The number of nitrogens with zero attached hydrogens (tertiary/aromatic N) is 1. The third-order valence-corrected chi connectivity index (χ3v) is 5.93. The predicted octanol–water partition coefficient (Wildman–Crippen LogP) is 4.26. The van der Waals surface area contributed by atoms with Gasteiger partial charge in [0.1, 0.15) is 6.04 Å². The molecule has 0 fully saturated rings. The van der Waals surface area contributed by atoms with Crippen molar-refractivity contribution in [1.82, 2.24) is 10.2 Å². The molecule has 1 atom stereocenters. The average Bonchev–Trinajstić information content (AvgIpc) is 3.10. The van der Waals surface area contributed by atoms with E-state index in [1.165, 1.54) is 18.4 Å². The molecule has 0 radical (unpaired) electrons. The molecular weight excluding hydrogens is 360 g/mol. The van der Waals surface area contributed by atoms with Gasteiger partial charge in [0.2, 0.25) is 5.91 Å². The SMILES string of the molecule is O=C(NCCC1=CCCCC1)[C@H](Cc1ccccc1)N1Cc2ccccc2C1=O.